The first-order valence-corrected chi connectivity index (χ1v) is 11.3. The van der Waals surface area contributed by atoms with Gasteiger partial charge in [-0.25, -0.2) is 13.6 Å². The molecule has 2 N–H and O–H groups in total. The van der Waals surface area contributed by atoms with Gasteiger partial charge in [-0.15, -0.1) is 0 Å². The number of rotatable bonds is 4. The standard InChI is InChI=1S/C24H18F3N3O2S/c1-15-9-19(16-5-7-21(8-6-16)24(25,26)27)12-23(30-15)18-4-2-3-17(10-18)20-11-22(14-29-13-20)33(28,31)32/h2-14H,1H3,(H2,28,31,32). The molecule has 4 aromatic rings. The Morgan fingerprint density at radius 2 is 1.48 bits per heavy atom. The van der Waals surface area contributed by atoms with Gasteiger partial charge in [0, 0.05) is 29.2 Å². The lowest BCUT2D eigenvalue weighted by molar-refractivity contribution is -0.137. The molecule has 0 aliphatic heterocycles. The van der Waals surface area contributed by atoms with E-state index >= 15 is 0 Å². The average molecular weight is 469 g/mol. The van der Waals surface area contributed by atoms with Crippen molar-refractivity contribution >= 4 is 10.0 Å². The van der Waals surface area contributed by atoms with E-state index in [1.807, 2.05) is 12.1 Å². The fourth-order valence-corrected chi connectivity index (χ4v) is 3.92. The summed E-state index contributed by atoms with van der Waals surface area (Å²) in [5, 5.41) is 5.21. The maximum Gasteiger partial charge on any atom is 0.416 e. The summed E-state index contributed by atoms with van der Waals surface area (Å²) in [4.78, 5) is 8.44. The predicted molar refractivity (Wildman–Crippen MR) is 119 cm³/mol. The Morgan fingerprint density at radius 1 is 0.788 bits per heavy atom. The largest absolute Gasteiger partial charge is 0.416 e. The Labute approximate surface area is 188 Å². The summed E-state index contributed by atoms with van der Waals surface area (Å²) in [6.07, 6.45) is -1.68. The molecule has 9 heteroatoms. The van der Waals surface area contributed by atoms with Crippen LogP contribution in [0.3, 0.4) is 0 Å². The van der Waals surface area contributed by atoms with Crippen molar-refractivity contribution in [3.8, 4) is 33.5 Å². The van der Waals surface area contributed by atoms with E-state index < -0.39 is 21.8 Å². The summed E-state index contributed by atoms with van der Waals surface area (Å²) < 4.78 is 62.0. The second kappa shape index (κ2) is 8.42. The molecule has 2 heterocycles. The van der Waals surface area contributed by atoms with E-state index in [1.165, 1.54) is 30.6 Å². The van der Waals surface area contributed by atoms with Gasteiger partial charge in [0.1, 0.15) is 4.90 Å². The summed E-state index contributed by atoms with van der Waals surface area (Å²) in [5.74, 6) is 0. The zero-order valence-electron chi connectivity index (χ0n) is 17.3. The van der Waals surface area contributed by atoms with Crippen LogP contribution in [0.4, 0.5) is 13.2 Å². The number of primary sulfonamides is 1. The van der Waals surface area contributed by atoms with Crippen LogP contribution in [0.1, 0.15) is 11.3 Å². The number of aryl methyl sites for hydroxylation is 1. The Kier molecular flexibility index (Phi) is 5.77. The van der Waals surface area contributed by atoms with Crippen LogP contribution in [0.2, 0.25) is 0 Å². The van der Waals surface area contributed by atoms with Gasteiger partial charge in [-0.1, -0.05) is 30.3 Å². The van der Waals surface area contributed by atoms with Crippen LogP contribution in [-0.4, -0.2) is 18.4 Å². The maximum absolute atomic E-state index is 12.9. The minimum absolute atomic E-state index is 0.0938. The first kappa shape index (κ1) is 22.6. The fourth-order valence-electron chi connectivity index (χ4n) is 3.43. The number of nitrogens with two attached hydrogens (primary N) is 1. The van der Waals surface area contributed by atoms with Crippen molar-refractivity contribution in [2.45, 2.75) is 18.0 Å². The molecule has 0 unspecified atom stereocenters. The second-order valence-electron chi connectivity index (χ2n) is 7.49. The van der Waals surface area contributed by atoms with Crippen molar-refractivity contribution < 1.29 is 21.6 Å². The van der Waals surface area contributed by atoms with Crippen molar-refractivity contribution in [3.05, 3.63) is 90.4 Å². The van der Waals surface area contributed by atoms with Gasteiger partial charge in [0.2, 0.25) is 10.0 Å². The zero-order chi connectivity index (χ0) is 23.8. The number of alkyl halides is 3. The molecule has 0 saturated carbocycles. The molecule has 0 atom stereocenters. The zero-order valence-corrected chi connectivity index (χ0v) is 18.2. The first-order valence-electron chi connectivity index (χ1n) is 9.76. The van der Waals surface area contributed by atoms with E-state index in [9.17, 15) is 21.6 Å². The lowest BCUT2D eigenvalue weighted by Crippen LogP contribution is -2.12. The van der Waals surface area contributed by atoms with Crippen molar-refractivity contribution in [2.24, 2.45) is 5.14 Å². The number of nitrogens with zero attached hydrogens (tertiary/aromatic N) is 2. The summed E-state index contributed by atoms with van der Waals surface area (Å²) in [7, 11) is -3.90. The Balaban J connectivity index is 1.73. The van der Waals surface area contributed by atoms with E-state index in [-0.39, 0.29) is 4.90 Å². The average Bonchev–Trinajstić information content (AvgIpc) is 2.78. The van der Waals surface area contributed by atoms with Gasteiger partial charge in [0.15, 0.2) is 0 Å². The number of hydrogen-bond acceptors (Lipinski definition) is 4. The molecule has 0 aliphatic rings. The van der Waals surface area contributed by atoms with E-state index in [1.54, 1.807) is 31.2 Å². The third kappa shape index (κ3) is 5.10. The van der Waals surface area contributed by atoms with E-state index in [4.69, 9.17) is 5.14 Å². The van der Waals surface area contributed by atoms with Crippen LogP contribution in [-0.2, 0) is 16.2 Å². The van der Waals surface area contributed by atoms with Crippen LogP contribution in [0.25, 0.3) is 33.5 Å². The molecular weight excluding hydrogens is 451 g/mol. The molecule has 5 nitrogen and oxygen atoms in total. The number of benzene rings is 2. The molecule has 0 aliphatic carbocycles. The summed E-state index contributed by atoms with van der Waals surface area (Å²) >= 11 is 0. The molecule has 4 rings (SSSR count). The lowest BCUT2D eigenvalue weighted by Gasteiger charge is -2.11. The molecule has 0 saturated heterocycles. The Hall–Kier alpha value is -3.56. The van der Waals surface area contributed by atoms with Gasteiger partial charge in [0.05, 0.1) is 11.3 Å². The van der Waals surface area contributed by atoms with Gasteiger partial charge in [-0.05, 0) is 60.0 Å². The van der Waals surface area contributed by atoms with E-state index in [0.29, 0.717) is 28.1 Å². The third-order valence-electron chi connectivity index (χ3n) is 5.03. The molecule has 2 aromatic carbocycles. The van der Waals surface area contributed by atoms with Crippen LogP contribution in [0.5, 0.6) is 0 Å². The van der Waals surface area contributed by atoms with Gasteiger partial charge >= 0.3 is 6.18 Å². The molecular formula is C24H18F3N3O2S. The third-order valence-corrected chi connectivity index (χ3v) is 5.91. The smallest absolute Gasteiger partial charge is 0.263 e. The van der Waals surface area contributed by atoms with Crippen molar-refractivity contribution in [2.75, 3.05) is 0 Å². The van der Waals surface area contributed by atoms with Gasteiger partial charge < -0.3 is 0 Å². The van der Waals surface area contributed by atoms with Crippen LogP contribution < -0.4 is 5.14 Å². The van der Waals surface area contributed by atoms with Crippen molar-refractivity contribution in [1.82, 2.24) is 9.97 Å². The highest BCUT2D eigenvalue weighted by molar-refractivity contribution is 7.89. The first-order chi connectivity index (χ1) is 15.5. The fraction of sp³-hybridized carbons (Fsp3) is 0.0833. The SMILES string of the molecule is Cc1cc(-c2ccc(C(F)(F)F)cc2)cc(-c2cccc(-c3cncc(S(N)(=O)=O)c3)c2)n1. The molecule has 0 bridgehead atoms. The summed E-state index contributed by atoms with van der Waals surface area (Å²) in [6.45, 7) is 1.81. The topological polar surface area (TPSA) is 85.9 Å². The van der Waals surface area contributed by atoms with Gasteiger partial charge in [-0.3, -0.25) is 9.97 Å². The summed E-state index contributed by atoms with van der Waals surface area (Å²) in [6, 6.07) is 17.3. The molecule has 2 aromatic heterocycles. The second-order valence-corrected chi connectivity index (χ2v) is 9.05. The maximum atomic E-state index is 12.9. The highest BCUT2D eigenvalue weighted by Crippen LogP contribution is 2.33. The van der Waals surface area contributed by atoms with Crippen LogP contribution in [0.15, 0.2) is 84.0 Å². The van der Waals surface area contributed by atoms with Crippen LogP contribution >= 0.6 is 0 Å². The minimum atomic E-state index is -4.40. The molecule has 0 amide bonds. The normalized spacial score (nSPS) is 12.0. The van der Waals surface area contributed by atoms with Gasteiger partial charge in [0.25, 0.3) is 0 Å². The molecule has 0 radical (unpaired) electrons. The molecule has 0 spiro atoms. The summed E-state index contributed by atoms with van der Waals surface area (Å²) in [5.41, 5.74) is 4.02. The predicted octanol–water partition coefficient (Wildman–Crippen LogP) is 5.45. The molecule has 168 valence electrons. The monoisotopic (exact) mass is 469 g/mol. The highest BCUT2D eigenvalue weighted by Gasteiger charge is 2.30. The minimum Gasteiger partial charge on any atom is -0.263 e. The number of halogens is 3. The van der Waals surface area contributed by atoms with Crippen molar-refractivity contribution in [3.63, 3.8) is 0 Å². The van der Waals surface area contributed by atoms with Gasteiger partial charge in [-0.2, -0.15) is 13.2 Å². The quantitative estimate of drug-likeness (QED) is 0.431. The lowest BCUT2D eigenvalue weighted by atomic mass is 9.99. The number of sulfonamides is 1. The van der Waals surface area contributed by atoms with E-state index in [2.05, 4.69) is 9.97 Å². The van der Waals surface area contributed by atoms with Crippen molar-refractivity contribution in [1.29, 1.82) is 0 Å². The molecule has 0 fully saturated rings. The molecule has 33 heavy (non-hydrogen) atoms. The van der Waals surface area contributed by atoms with Crippen LogP contribution in [0, 0.1) is 6.92 Å². The number of pyridine rings is 2. The van der Waals surface area contributed by atoms with E-state index in [0.717, 1.165) is 23.3 Å². The number of aromatic nitrogens is 2. The highest BCUT2D eigenvalue weighted by atomic mass is 32.2. The Bertz CT molecular complexity index is 1430. The Morgan fingerprint density at radius 3 is 2.15 bits per heavy atom. The number of hydrogen-bond donors (Lipinski definition) is 1.